The van der Waals surface area contributed by atoms with Crippen LogP contribution in [-0.2, 0) is 9.59 Å². The summed E-state index contributed by atoms with van der Waals surface area (Å²) in [5.74, 6) is -3.27. The first-order valence-corrected chi connectivity index (χ1v) is 5.39. The number of hydrogen-bond acceptors (Lipinski definition) is 2. The number of rotatable bonds is 2. The second-order valence-electron chi connectivity index (χ2n) is 4.74. The van der Waals surface area contributed by atoms with Crippen molar-refractivity contribution in [3.05, 3.63) is 0 Å². The zero-order valence-electron chi connectivity index (χ0n) is 8.83. The Morgan fingerprint density at radius 3 is 2.35 bits per heavy atom. The highest BCUT2D eigenvalue weighted by molar-refractivity contribution is 5.82. The number of carbonyl (C=O) groups is 2. The summed E-state index contributed by atoms with van der Waals surface area (Å²) in [7, 11) is 0. The number of hydrogen-bond donors (Lipinski definition) is 2. The fourth-order valence-electron chi connectivity index (χ4n) is 2.84. The van der Waals surface area contributed by atoms with E-state index < -0.39 is 30.0 Å². The molecule has 2 N–H and O–H groups in total. The summed E-state index contributed by atoms with van der Waals surface area (Å²) in [6.07, 6.45) is -3.53. The summed E-state index contributed by atoms with van der Waals surface area (Å²) in [6, 6.07) is -0.515. The molecule has 2 fully saturated rings. The Morgan fingerprint density at radius 2 is 1.82 bits per heavy atom. The van der Waals surface area contributed by atoms with Crippen LogP contribution in [0.4, 0.5) is 13.2 Å². The molecule has 2 saturated carbocycles. The molecule has 0 unspecified atom stereocenters. The van der Waals surface area contributed by atoms with Gasteiger partial charge < -0.3 is 10.4 Å². The number of fused-ring (bicyclic) bond motifs is 1. The molecule has 0 heterocycles. The Hall–Kier alpha value is -1.27. The predicted molar refractivity (Wildman–Crippen MR) is 49.9 cm³/mol. The van der Waals surface area contributed by atoms with Gasteiger partial charge in [-0.25, -0.2) is 0 Å². The molecule has 2 aliphatic rings. The second kappa shape index (κ2) is 3.89. The van der Waals surface area contributed by atoms with Crippen molar-refractivity contribution < 1.29 is 27.9 Å². The van der Waals surface area contributed by atoms with Crippen LogP contribution >= 0.6 is 0 Å². The largest absolute Gasteiger partial charge is 0.481 e. The fraction of sp³-hybridized carbons (Fsp3) is 0.800. The first-order valence-electron chi connectivity index (χ1n) is 5.39. The molecule has 0 aromatic carbocycles. The minimum Gasteiger partial charge on any atom is -0.481 e. The van der Waals surface area contributed by atoms with Crippen molar-refractivity contribution in [1.29, 1.82) is 0 Å². The highest BCUT2D eigenvalue weighted by atomic mass is 19.4. The molecule has 4 nitrogen and oxygen atoms in total. The topological polar surface area (TPSA) is 66.4 Å². The maximum Gasteiger partial charge on any atom is 0.471 e. The molecule has 0 aliphatic heterocycles. The summed E-state index contributed by atoms with van der Waals surface area (Å²) >= 11 is 0. The average molecular weight is 251 g/mol. The number of alkyl halides is 3. The predicted octanol–water partition coefficient (Wildman–Crippen LogP) is 1.16. The number of nitrogens with one attached hydrogen (secondary N) is 1. The van der Waals surface area contributed by atoms with E-state index in [0.29, 0.717) is 19.3 Å². The Labute approximate surface area is 95.2 Å². The van der Waals surface area contributed by atoms with Gasteiger partial charge in [-0.15, -0.1) is 0 Å². The fourth-order valence-corrected chi connectivity index (χ4v) is 2.84. The van der Waals surface area contributed by atoms with Crippen molar-refractivity contribution in [2.24, 2.45) is 17.8 Å². The molecular formula is C10H12F3NO3. The van der Waals surface area contributed by atoms with E-state index in [2.05, 4.69) is 0 Å². The van der Waals surface area contributed by atoms with E-state index in [9.17, 15) is 22.8 Å². The summed E-state index contributed by atoms with van der Waals surface area (Å²) in [4.78, 5) is 21.5. The third-order valence-electron chi connectivity index (χ3n) is 3.75. The highest BCUT2D eigenvalue weighted by Gasteiger charge is 2.52. The maximum absolute atomic E-state index is 12.0. The van der Waals surface area contributed by atoms with E-state index in [1.54, 1.807) is 0 Å². The summed E-state index contributed by atoms with van der Waals surface area (Å²) < 4.78 is 36.0. The summed E-state index contributed by atoms with van der Waals surface area (Å²) in [5, 5.41) is 10.7. The van der Waals surface area contributed by atoms with Crippen LogP contribution in [-0.4, -0.2) is 29.2 Å². The van der Waals surface area contributed by atoms with Gasteiger partial charge in [0.2, 0.25) is 0 Å². The quantitative estimate of drug-likeness (QED) is 0.774. The molecule has 0 radical (unpaired) electrons. The maximum atomic E-state index is 12.0. The molecule has 4 atom stereocenters. The Bertz CT molecular complexity index is 355. The summed E-state index contributed by atoms with van der Waals surface area (Å²) in [6.45, 7) is 0. The Balaban J connectivity index is 1.88. The molecule has 96 valence electrons. The van der Waals surface area contributed by atoms with Crippen molar-refractivity contribution in [2.75, 3.05) is 0 Å². The zero-order valence-corrected chi connectivity index (χ0v) is 8.83. The molecule has 0 aromatic rings. The van der Waals surface area contributed by atoms with Gasteiger partial charge in [0, 0.05) is 6.04 Å². The summed E-state index contributed by atoms with van der Waals surface area (Å²) in [5.41, 5.74) is 0. The molecule has 0 saturated heterocycles. The number of amides is 1. The second-order valence-corrected chi connectivity index (χ2v) is 4.74. The van der Waals surface area contributed by atoms with Gasteiger partial charge in [0.25, 0.3) is 0 Å². The molecule has 1 amide bonds. The van der Waals surface area contributed by atoms with Crippen LogP contribution in [0.2, 0.25) is 0 Å². The van der Waals surface area contributed by atoms with Crippen LogP contribution < -0.4 is 5.32 Å². The van der Waals surface area contributed by atoms with Crippen LogP contribution in [0.3, 0.4) is 0 Å². The van der Waals surface area contributed by atoms with Crippen molar-refractivity contribution in [1.82, 2.24) is 5.32 Å². The van der Waals surface area contributed by atoms with Gasteiger partial charge in [0.1, 0.15) is 0 Å². The lowest BCUT2D eigenvalue weighted by atomic mass is 9.71. The third kappa shape index (κ3) is 2.23. The van der Waals surface area contributed by atoms with Crippen LogP contribution in [0, 0.1) is 17.8 Å². The van der Waals surface area contributed by atoms with Crippen LogP contribution in [0.25, 0.3) is 0 Å². The minimum atomic E-state index is -4.87. The van der Waals surface area contributed by atoms with Gasteiger partial charge in [-0.2, -0.15) is 13.2 Å². The van der Waals surface area contributed by atoms with E-state index in [4.69, 9.17) is 5.11 Å². The lowest BCUT2D eigenvalue weighted by Crippen LogP contribution is -2.53. The zero-order chi connectivity index (χ0) is 12.8. The molecule has 0 bridgehead atoms. The number of carboxylic acid groups (broad SMARTS) is 1. The number of carbonyl (C=O) groups excluding carboxylic acids is 1. The van der Waals surface area contributed by atoms with Gasteiger partial charge in [0.15, 0.2) is 0 Å². The van der Waals surface area contributed by atoms with Crippen molar-refractivity contribution >= 4 is 11.9 Å². The number of carboxylic acids is 1. The molecule has 17 heavy (non-hydrogen) atoms. The van der Waals surface area contributed by atoms with Crippen molar-refractivity contribution in [3.63, 3.8) is 0 Å². The van der Waals surface area contributed by atoms with E-state index in [1.165, 1.54) is 0 Å². The highest BCUT2D eigenvalue weighted by Crippen LogP contribution is 2.49. The lowest BCUT2D eigenvalue weighted by molar-refractivity contribution is -0.175. The van der Waals surface area contributed by atoms with Gasteiger partial charge in [-0.1, -0.05) is 0 Å². The molecule has 7 heteroatoms. The van der Waals surface area contributed by atoms with E-state index in [-0.39, 0.29) is 11.8 Å². The van der Waals surface area contributed by atoms with E-state index in [1.807, 2.05) is 5.32 Å². The smallest absolute Gasteiger partial charge is 0.471 e. The Morgan fingerprint density at radius 1 is 1.18 bits per heavy atom. The van der Waals surface area contributed by atoms with Gasteiger partial charge in [-0.3, -0.25) is 9.59 Å². The van der Waals surface area contributed by atoms with Crippen molar-refractivity contribution in [2.45, 2.75) is 31.5 Å². The molecule has 2 aliphatic carbocycles. The number of aliphatic carboxylic acids is 1. The SMILES string of the molecule is O=C(O)[C@@H]1C[C@H]2C[C@@H](NC(=O)C(F)(F)F)[C@H]2C1. The third-order valence-corrected chi connectivity index (χ3v) is 3.75. The van der Waals surface area contributed by atoms with Gasteiger partial charge in [-0.05, 0) is 31.1 Å². The average Bonchev–Trinajstić information content (AvgIpc) is 2.50. The molecule has 0 spiro atoms. The van der Waals surface area contributed by atoms with E-state index in [0.717, 1.165) is 0 Å². The standard InChI is InChI=1S/C10H12F3NO3/c11-10(12,13)9(17)14-7-3-4-1-5(8(15)16)2-6(4)7/h4-7H,1-3H2,(H,14,17)(H,15,16)/t4-,5+,6-,7+/m0/s1. The first kappa shape index (κ1) is 12.2. The molecular weight excluding hydrogens is 239 g/mol. The van der Waals surface area contributed by atoms with Gasteiger partial charge in [0.05, 0.1) is 5.92 Å². The molecule has 2 rings (SSSR count). The number of halogens is 3. The van der Waals surface area contributed by atoms with Crippen molar-refractivity contribution in [3.8, 4) is 0 Å². The Kier molecular flexibility index (Phi) is 2.79. The van der Waals surface area contributed by atoms with Crippen LogP contribution in [0.15, 0.2) is 0 Å². The monoisotopic (exact) mass is 251 g/mol. The van der Waals surface area contributed by atoms with E-state index >= 15 is 0 Å². The van der Waals surface area contributed by atoms with Crippen LogP contribution in [0.5, 0.6) is 0 Å². The molecule has 0 aromatic heterocycles. The normalized spacial score (nSPS) is 35.9. The first-order chi connectivity index (χ1) is 7.79. The minimum absolute atomic E-state index is 0.109. The van der Waals surface area contributed by atoms with Gasteiger partial charge >= 0.3 is 18.1 Å². The van der Waals surface area contributed by atoms with Crippen LogP contribution in [0.1, 0.15) is 19.3 Å². The lowest BCUT2D eigenvalue weighted by Gasteiger charge is -2.40.